The Morgan fingerprint density at radius 1 is 1.10 bits per heavy atom. The van der Waals surface area contributed by atoms with Gasteiger partial charge in [-0.15, -0.1) is 0 Å². The lowest BCUT2D eigenvalue weighted by Crippen LogP contribution is -2.12. The molecule has 0 bridgehead atoms. The van der Waals surface area contributed by atoms with Crippen LogP contribution in [0.4, 0.5) is 0 Å². The molecule has 3 aromatic rings. The van der Waals surface area contributed by atoms with E-state index in [0.717, 1.165) is 16.5 Å². The highest BCUT2D eigenvalue weighted by Gasteiger charge is 2.10. The molecule has 0 atom stereocenters. The van der Waals surface area contributed by atoms with E-state index in [1.165, 1.54) is 6.07 Å². The van der Waals surface area contributed by atoms with Gasteiger partial charge in [0.2, 0.25) is 11.5 Å². The smallest absolute Gasteiger partial charge is 0.249 e. The molecule has 0 radical (unpaired) electrons. The number of primary amides is 1. The number of nitrogens with one attached hydrogen (secondary N) is 2. The molecule has 104 valence electrons. The maximum atomic E-state index is 11.7. The predicted molar refractivity (Wildman–Crippen MR) is 82.4 cm³/mol. The number of amides is 1. The van der Waals surface area contributed by atoms with Gasteiger partial charge >= 0.3 is 0 Å². The summed E-state index contributed by atoms with van der Waals surface area (Å²) in [6.45, 7) is 0. The first-order valence-electron chi connectivity index (χ1n) is 6.42. The van der Waals surface area contributed by atoms with Crippen LogP contribution in [0.5, 0.6) is 0 Å². The summed E-state index contributed by atoms with van der Waals surface area (Å²) in [4.78, 5) is 28.7. The Morgan fingerprint density at radius 3 is 2.57 bits per heavy atom. The Kier molecular flexibility index (Phi) is 3.16. The number of pyridine rings is 1. The molecule has 2 aromatic heterocycles. The second-order valence-corrected chi connectivity index (χ2v) is 4.64. The lowest BCUT2D eigenvalue weighted by Gasteiger charge is -2.03. The van der Waals surface area contributed by atoms with Gasteiger partial charge in [-0.05, 0) is 17.7 Å². The van der Waals surface area contributed by atoms with Crippen molar-refractivity contribution in [1.29, 1.82) is 0 Å². The fraction of sp³-hybridized carbons (Fsp3) is 0. The van der Waals surface area contributed by atoms with E-state index in [4.69, 9.17) is 5.73 Å². The zero-order chi connectivity index (χ0) is 14.8. The van der Waals surface area contributed by atoms with E-state index in [-0.39, 0.29) is 5.56 Å². The zero-order valence-electron chi connectivity index (χ0n) is 11.1. The third-order valence-electron chi connectivity index (χ3n) is 3.25. The molecule has 5 nitrogen and oxygen atoms in total. The fourth-order valence-electron chi connectivity index (χ4n) is 2.25. The van der Waals surface area contributed by atoms with Crippen LogP contribution in [-0.4, -0.2) is 15.9 Å². The first-order chi connectivity index (χ1) is 10.1. The third-order valence-corrected chi connectivity index (χ3v) is 3.25. The molecule has 0 aliphatic rings. The van der Waals surface area contributed by atoms with Gasteiger partial charge in [-0.1, -0.05) is 30.3 Å². The maximum Gasteiger partial charge on any atom is 0.249 e. The Hall–Kier alpha value is -3.08. The predicted octanol–water partition coefficient (Wildman–Crippen LogP) is 1.88. The van der Waals surface area contributed by atoms with Crippen LogP contribution in [-0.2, 0) is 4.79 Å². The largest absolute Gasteiger partial charge is 0.366 e. The Bertz CT molecular complexity index is 889. The summed E-state index contributed by atoms with van der Waals surface area (Å²) < 4.78 is 0. The van der Waals surface area contributed by atoms with Crippen molar-refractivity contribution >= 4 is 28.6 Å². The minimum absolute atomic E-state index is 0.182. The van der Waals surface area contributed by atoms with Crippen LogP contribution >= 0.6 is 0 Å². The van der Waals surface area contributed by atoms with E-state index in [9.17, 15) is 9.59 Å². The van der Waals surface area contributed by atoms with Crippen LogP contribution in [0.25, 0.3) is 22.7 Å². The fourth-order valence-corrected chi connectivity index (χ4v) is 2.25. The van der Waals surface area contributed by atoms with Crippen molar-refractivity contribution in [2.45, 2.75) is 0 Å². The lowest BCUT2D eigenvalue weighted by atomic mass is 10.0. The van der Waals surface area contributed by atoms with E-state index < -0.39 is 5.91 Å². The molecule has 0 spiro atoms. The number of H-pyrrole nitrogens is 2. The van der Waals surface area contributed by atoms with Crippen molar-refractivity contribution in [3.8, 4) is 0 Å². The molecule has 2 heterocycles. The molecule has 0 aliphatic heterocycles. The minimum atomic E-state index is -0.500. The highest BCUT2D eigenvalue weighted by molar-refractivity contribution is 6.24. The van der Waals surface area contributed by atoms with Crippen molar-refractivity contribution < 1.29 is 4.79 Å². The van der Waals surface area contributed by atoms with E-state index >= 15 is 0 Å². The van der Waals surface area contributed by atoms with Gasteiger partial charge in [-0.3, -0.25) is 9.59 Å². The van der Waals surface area contributed by atoms with Gasteiger partial charge in [0.15, 0.2) is 0 Å². The van der Waals surface area contributed by atoms with Crippen LogP contribution in [0, 0.1) is 0 Å². The molecule has 1 aromatic carbocycles. The summed E-state index contributed by atoms with van der Waals surface area (Å²) in [5.41, 5.74) is 7.88. The van der Waals surface area contributed by atoms with Crippen LogP contribution in [0.1, 0.15) is 11.1 Å². The molecule has 4 N–H and O–H groups in total. The second-order valence-electron chi connectivity index (χ2n) is 4.64. The molecule has 0 saturated heterocycles. The first-order valence-corrected chi connectivity index (χ1v) is 6.42. The van der Waals surface area contributed by atoms with Crippen molar-refractivity contribution in [1.82, 2.24) is 9.97 Å². The number of carbonyl (C=O) groups is 1. The number of hydrogen-bond donors (Lipinski definition) is 3. The molecular weight excluding hydrogens is 266 g/mol. The van der Waals surface area contributed by atoms with Gasteiger partial charge in [0.1, 0.15) is 5.65 Å². The van der Waals surface area contributed by atoms with E-state index in [2.05, 4.69) is 9.97 Å². The molecule has 1 amide bonds. The number of fused-ring (bicyclic) bond motifs is 1. The van der Waals surface area contributed by atoms with Crippen molar-refractivity contribution in [2.75, 3.05) is 0 Å². The summed E-state index contributed by atoms with van der Waals surface area (Å²) in [6, 6.07) is 12.4. The first kappa shape index (κ1) is 12.9. The summed E-state index contributed by atoms with van der Waals surface area (Å²) in [6.07, 6.45) is 3.45. The van der Waals surface area contributed by atoms with Gasteiger partial charge < -0.3 is 15.7 Å². The standard InChI is InChI=1S/C16H13N3O2/c17-15(21)13(10-4-2-1-3-5-10)8-11-9-18-16-12(11)6-7-14(20)19-16/h1-9H,(H2,17,21)(H2,18,19,20). The van der Waals surface area contributed by atoms with Crippen LogP contribution in [0.2, 0.25) is 0 Å². The molecule has 0 fully saturated rings. The number of hydrogen-bond acceptors (Lipinski definition) is 2. The summed E-state index contributed by atoms with van der Waals surface area (Å²) in [5.74, 6) is -0.500. The SMILES string of the molecule is NC(=O)C(=Cc1c[nH]c2[nH]c(=O)ccc12)c1ccccc1. The quantitative estimate of drug-likeness (QED) is 0.639. The molecule has 0 saturated carbocycles. The van der Waals surface area contributed by atoms with Gasteiger partial charge in [-0.2, -0.15) is 0 Å². The average molecular weight is 279 g/mol. The van der Waals surface area contributed by atoms with Crippen molar-refractivity contribution in [3.05, 3.63) is 70.1 Å². The molecular formula is C16H13N3O2. The highest BCUT2D eigenvalue weighted by Crippen LogP contribution is 2.22. The number of rotatable bonds is 3. The minimum Gasteiger partial charge on any atom is -0.366 e. The summed E-state index contributed by atoms with van der Waals surface area (Å²) >= 11 is 0. The number of carbonyl (C=O) groups excluding carboxylic acids is 1. The number of benzene rings is 1. The Morgan fingerprint density at radius 2 is 1.86 bits per heavy atom. The van der Waals surface area contributed by atoms with Crippen LogP contribution < -0.4 is 11.3 Å². The molecule has 3 rings (SSSR count). The number of aromatic nitrogens is 2. The normalized spacial score (nSPS) is 11.7. The third kappa shape index (κ3) is 2.49. The van der Waals surface area contributed by atoms with Crippen molar-refractivity contribution in [3.63, 3.8) is 0 Å². The Labute approximate surface area is 120 Å². The highest BCUT2D eigenvalue weighted by atomic mass is 16.1. The van der Waals surface area contributed by atoms with Crippen LogP contribution in [0.15, 0.2) is 53.5 Å². The summed E-state index contributed by atoms with van der Waals surface area (Å²) in [5, 5.41) is 0.823. The van der Waals surface area contributed by atoms with Crippen LogP contribution in [0.3, 0.4) is 0 Å². The van der Waals surface area contributed by atoms with E-state index in [1.54, 1.807) is 18.3 Å². The molecule has 21 heavy (non-hydrogen) atoms. The molecule has 0 unspecified atom stereocenters. The maximum absolute atomic E-state index is 11.7. The number of aromatic amines is 2. The van der Waals surface area contributed by atoms with E-state index in [0.29, 0.717) is 11.2 Å². The molecule has 0 aliphatic carbocycles. The van der Waals surface area contributed by atoms with Gasteiger partial charge in [0.25, 0.3) is 0 Å². The van der Waals surface area contributed by atoms with Crippen molar-refractivity contribution in [2.24, 2.45) is 5.73 Å². The van der Waals surface area contributed by atoms with Gasteiger partial charge in [-0.25, -0.2) is 0 Å². The van der Waals surface area contributed by atoms with Gasteiger partial charge in [0, 0.05) is 28.8 Å². The summed E-state index contributed by atoms with van der Waals surface area (Å²) in [7, 11) is 0. The monoisotopic (exact) mass is 279 g/mol. The number of nitrogens with two attached hydrogens (primary N) is 1. The lowest BCUT2D eigenvalue weighted by molar-refractivity contribution is -0.112. The molecule has 5 heteroatoms. The topological polar surface area (TPSA) is 91.7 Å². The second kappa shape index (κ2) is 5.13. The van der Waals surface area contributed by atoms with Gasteiger partial charge in [0.05, 0.1) is 0 Å². The zero-order valence-corrected chi connectivity index (χ0v) is 11.1. The average Bonchev–Trinajstić information content (AvgIpc) is 2.87. The Balaban J connectivity index is 2.16. The van der Waals surface area contributed by atoms with E-state index in [1.807, 2.05) is 30.3 Å².